The van der Waals surface area contributed by atoms with Gasteiger partial charge in [0.2, 0.25) is 0 Å². The van der Waals surface area contributed by atoms with Gasteiger partial charge in [-0.25, -0.2) is 4.98 Å². The third-order valence-corrected chi connectivity index (χ3v) is 5.55. The van der Waals surface area contributed by atoms with E-state index >= 15 is 0 Å². The van der Waals surface area contributed by atoms with Crippen molar-refractivity contribution in [2.24, 2.45) is 0 Å². The second-order valence-electron chi connectivity index (χ2n) is 6.95. The molecule has 28 heavy (non-hydrogen) atoms. The molecular formula is C21H21N5OS. The standard InChI is InChI=1S/C21H21N5OS/c1-14(2)26-11-9-17(24-26)20(27)25(13-16-7-5-10-22-12-16)21-23-19-15(3)6-4-8-18(19)28-21/h4-12,14H,13H2,1-3H3. The van der Waals surface area contributed by atoms with Gasteiger partial charge in [0.25, 0.3) is 5.91 Å². The number of aromatic nitrogens is 4. The van der Waals surface area contributed by atoms with Crippen molar-refractivity contribution in [2.75, 3.05) is 4.90 Å². The fourth-order valence-electron chi connectivity index (χ4n) is 2.97. The number of anilines is 1. The molecule has 0 atom stereocenters. The maximum absolute atomic E-state index is 13.3. The van der Waals surface area contributed by atoms with E-state index in [0.29, 0.717) is 17.4 Å². The second kappa shape index (κ2) is 7.52. The third-order valence-electron chi connectivity index (χ3n) is 4.51. The predicted octanol–water partition coefficient (Wildman–Crippen LogP) is 4.62. The highest BCUT2D eigenvalue weighted by atomic mass is 32.1. The summed E-state index contributed by atoms with van der Waals surface area (Å²) in [6.45, 7) is 6.49. The van der Waals surface area contributed by atoms with E-state index in [4.69, 9.17) is 4.98 Å². The number of fused-ring (bicyclic) bond motifs is 1. The molecule has 3 heterocycles. The number of hydrogen-bond acceptors (Lipinski definition) is 5. The molecule has 142 valence electrons. The van der Waals surface area contributed by atoms with Crippen molar-refractivity contribution >= 4 is 32.6 Å². The molecule has 0 unspecified atom stereocenters. The Balaban J connectivity index is 1.76. The van der Waals surface area contributed by atoms with Crippen LogP contribution in [0.25, 0.3) is 10.2 Å². The zero-order valence-electron chi connectivity index (χ0n) is 16.0. The van der Waals surface area contributed by atoms with Gasteiger partial charge in [0.05, 0.1) is 16.8 Å². The van der Waals surface area contributed by atoms with Gasteiger partial charge in [0.1, 0.15) is 0 Å². The van der Waals surface area contributed by atoms with Crippen LogP contribution >= 0.6 is 11.3 Å². The Bertz CT molecular complexity index is 1120. The summed E-state index contributed by atoms with van der Waals surface area (Å²) in [5.74, 6) is -0.167. The molecule has 0 aliphatic heterocycles. The number of hydrogen-bond donors (Lipinski definition) is 0. The molecule has 0 fully saturated rings. The highest BCUT2D eigenvalue weighted by Gasteiger charge is 2.24. The van der Waals surface area contributed by atoms with E-state index in [1.165, 1.54) is 11.3 Å². The first kappa shape index (κ1) is 18.3. The lowest BCUT2D eigenvalue weighted by Gasteiger charge is -2.18. The van der Waals surface area contributed by atoms with E-state index in [1.54, 1.807) is 28.0 Å². The maximum atomic E-state index is 13.3. The van der Waals surface area contributed by atoms with Crippen LogP contribution in [-0.2, 0) is 6.54 Å². The van der Waals surface area contributed by atoms with Crippen LogP contribution in [0.4, 0.5) is 5.13 Å². The first-order valence-electron chi connectivity index (χ1n) is 9.15. The van der Waals surface area contributed by atoms with E-state index in [1.807, 2.05) is 57.3 Å². The number of nitrogens with zero attached hydrogens (tertiary/aromatic N) is 5. The summed E-state index contributed by atoms with van der Waals surface area (Å²) in [5, 5.41) is 5.12. The minimum Gasteiger partial charge on any atom is -0.278 e. The average molecular weight is 392 g/mol. The predicted molar refractivity (Wildman–Crippen MR) is 112 cm³/mol. The molecule has 0 radical (unpaired) electrons. The van der Waals surface area contributed by atoms with E-state index in [9.17, 15) is 4.79 Å². The van der Waals surface area contributed by atoms with Crippen molar-refractivity contribution in [1.82, 2.24) is 19.7 Å². The van der Waals surface area contributed by atoms with Crippen molar-refractivity contribution in [1.29, 1.82) is 0 Å². The number of pyridine rings is 1. The lowest BCUT2D eigenvalue weighted by molar-refractivity contribution is 0.0979. The molecule has 0 saturated heterocycles. The van der Waals surface area contributed by atoms with Crippen molar-refractivity contribution in [3.63, 3.8) is 0 Å². The third kappa shape index (κ3) is 3.53. The van der Waals surface area contributed by atoms with Crippen LogP contribution in [0, 0.1) is 6.92 Å². The molecule has 0 aliphatic carbocycles. The van der Waals surface area contributed by atoms with Crippen molar-refractivity contribution in [3.8, 4) is 0 Å². The number of carbonyl (C=O) groups is 1. The topological polar surface area (TPSA) is 63.9 Å². The van der Waals surface area contributed by atoms with Gasteiger partial charge in [-0.3, -0.25) is 19.4 Å². The van der Waals surface area contributed by atoms with Gasteiger partial charge < -0.3 is 0 Å². The molecule has 4 rings (SSSR count). The summed E-state index contributed by atoms with van der Waals surface area (Å²) in [7, 11) is 0. The zero-order chi connectivity index (χ0) is 19.7. The lowest BCUT2D eigenvalue weighted by Crippen LogP contribution is -2.31. The molecule has 0 saturated carbocycles. The number of thiazole rings is 1. The molecule has 7 heteroatoms. The Hall–Kier alpha value is -3.06. The number of benzene rings is 1. The van der Waals surface area contributed by atoms with Crippen LogP contribution in [0.1, 0.15) is 41.5 Å². The average Bonchev–Trinajstić information content (AvgIpc) is 3.34. The van der Waals surface area contributed by atoms with E-state index in [2.05, 4.69) is 10.1 Å². The minimum absolute atomic E-state index is 0.167. The van der Waals surface area contributed by atoms with Gasteiger partial charge >= 0.3 is 0 Å². The molecule has 0 spiro atoms. The second-order valence-corrected chi connectivity index (χ2v) is 7.95. The highest BCUT2D eigenvalue weighted by Crippen LogP contribution is 2.32. The lowest BCUT2D eigenvalue weighted by atomic mass is 10.2. The van der Waals surface area contributed by atoms with Crippen LogP contribution in [0.5, 0.6) is 0 Å². The Kier molecular flexibility index (Phi) is 4.92. The minimum atomic E-state index is -0.167. The van der Waals surface area contributed by atoms with Gasteiger partial charge in [-0.05, 0) is 50.1 Å². The summed E-state index contributed by atoms with van der Waals surface area (Å²) in [6.07, 6.45) is 5.33. The molecule has 0 aliphatic rings. The number of rotatable bonds is 5. The largest absolute Gasteiger partial charge is 0.280 e. The van der Waals surface area contributed by atoms with Crippen molar-refractivity contribution in [3.05, 3.63) is 71.8 Å². The zero-order valence-corrected chi connectivity index (χ0v) is 16.8. The van der Waals surface area contributed by atoms with E-state index in [0.717, 1.165) is 21.3 Å². The van der Waals surface area contributed by atoms with Gasteiger partial charge in [0, 0.05) is 24.6 Å². The number of aryl methyl sites for hydroxylation is 1. The smallest absolute Gasteiger partial charge is 0.278 e. The van der Waals surface area contributed by atoms with Crippen LogP contribution in [0.2, 0.25) is 0 Å². The Morgan fingerprint density at radius 1 is 1.21 bits per heavy atom. The van der Waals surface area contributed by atoms with E-state index < -0.39 is 0 Å². The van der Waals surface area contributed by atoms with Crippen molar-refractivity contribution in [2.45, 2.75) is 33.4 Å². The van der Waals surface area contributed by atoms with E-state index in [-0.39, 0.29) is 11.9 Å². The fourth-order valence-corrected chi connectivity index (χ4v) is 4.01. The first-order chi connectivity index (χ1) is 13.5. The summed E-state index contributed by atoms with van der Waals surface area (Å²) in [5.41, 5.74) is 3.38. The van der Waals surface area contributed by atoms with Crippen LogP contribution in [0.15, 0.2) is 55.0 Å². The quantitative estimate of drug-likeness (QED) is 0.498. The SMILES string of the molecule is Cc1cccc2sc(N(Cc3cccnc3)C(=O)c3ccn(C(C)C)n3)nc12. The normalized spacial score (nSPS) is 11.3. The van der Waals surface area contributed by atoms with Gasteiger partial charge in [-0.15, -0.1) is 0 Å². The molecule has 3 aromatic heterocycles. The van der Waals surface area contributed by atoms with Crippen LogP contribution in [0.3, 0.4) is 0 Å². The summed E-state index contributed by atoms with van der Waals surface area (Å²) < 4.78 is 2.85. The van der Waals surface area contributed by atoms with Gasteiger partial charge in [-0.2, -0.15) is 5.10 Å². The maximum Gasteiger partial charge on any atom is 0.280 e. The Labute approximate surface area is 167 Å². The number of para-hydroxylation sites is 1. The molecular weight excluding hydrogens is 370 g/mol. The van der Waals surface area contributed by atoms with Gasteiger partial charge in [-0.1, -0.05) is 29.5 Å². The Morgan fingerprint density at radius 2 is 2.07 bits per heavy atom. The Morgan fingerprint density at radius 3 is 2.75 bits per heavy atom. The summed E-state index contributed by atoms with van der Waals surface area (Å²) >= 11 is 1.51. The molecule has 1 aromatic carbocycles. The summed E-state index contributed by atoms with van der Waals surface area (Å²) in [6, 6.07) is 11.9. The summed E-state index contributed by atoms with van der Waals surface area (Å²) in [4.78, 5) is 24.0. The molecule has 6 nitrogen and oxygen atoms in total. The molecule has 1 amide bonds. The van der Waals surface area contributed by atoms with Crippen LogP contribution in [-0.4, -0.2) is 25.7 Å². The van der Waals surface area contributed by atoms with Crippen LogP contribution < -0.4 is 4.90 Å². The molecule has 0 N–H and O–H groups in total. The van der Waals surface area contributed by atoms with Gasteiger partial charge in [0.15, 0.2) is 10.8 Å². The number of carbonyl (C=O) groups excluding carboxylic acids is 1. The first-order valence-corrected chi connectivity index (χ1v) is 9.96. The monoisotopic (exact) mass is 391 g/mol. The highest BCUT2D eigenvalue weighted by molar-refractivity contribution is 7.22. The fraction of sp³-hybridized carbons (Fsp3) is 0.238. The molecule has 4 aromatic rings. The molecule has 0 bridgehead atoms. The van der Waals surface area contributed by atoms with Crippen molar-refractivity contribution < 1.29 is 4.79 Å². The number of amides is 1.